The zero-order valence-corrected chi connectivity index (χ0v) is 12.2. The predicted molar refractivity (Wildman–Crippen MR) is 72.6 cm³/mol. The second-order valence-electron chi connectivity index (χ2n) is 5.07. The second-order valence-corrected chi connectivity index (χ2v) is 7.14. The Balaban J connectivity index is 2.54. The Labute approximate surface area is 118 Å². The lowest BCUT2D eigenvalue weighted by atomic mass is 9.91. The van der Waals surface area contributed by atoms with Crippen LogP contribution < -0.4 is 0 Å². The maximum absolute atomic E-state index is 12.1. The van der Waals surface area contributed by atoms with Crippen LogP contribution in [0.25, 0.3) is 0 Å². The van der Waals surface area contributed by atoms with Crippen molar-refractivity contribution in [3.05, 3.63) is 29.8 Å². The van der Waals surface area contributed by atoms with Gasteiger partial charge in [-0.05, 0) is 19.9 Å². The average Bonchev–Trinajstić information content (AvgIpc) is 2.42. The maximum atomic E-state index is 12.1. The zero-order chi connectivity index (χ0) is 15.0. The molecule has 0 saturated heterocycles. The molecule has 0 saturated carbocycles. The van der Waals surface area contributed by atoms with E-state index in [1.807, 2.05) is 0 Å². The lowest BCUT2D eigenvalue weighted by molar-refractivity contribution is -0.103. The minimum absolute atomic E-state index is 0.0694. The molecular formula is C14H17NO4S. The van der Waals surface area contributed by atoms with Gasteiger partial charge in [-0.15, -0.1) is 0 Å². The van der Waals surface area contributed by atoms with Gasteiger partial charge in [-0.2, -0.15) is 5.26 Å². The second kappa shape index (κ2) is 5.17. The number of nitrogens with zero attached hydrogens (tertiary/aromatic N) is 1. The molecule has 0 aliphatic carbocycles. The van der Waals surface area contributed by atoms with E-state index in [4.69, 9.17) is 4.74 Å². The van der Waals surface area contributed by atoms with Gasteiger partial charge >= 0.3 is 0 Å². The van der Waals surface area contributed by atoms with Gasteiger partial charge in [0.05, 0.1) is 22.9 Å². The Kier molecular flexibility index (Phi) is 3.87. The number of ether oxygens (including phenoxy) is 1. The Bertz CT molecular complexity index is 647. The Morgan fingerprint density at radius 3 is 2.65 bits per heavy atom. The zero-order valence-electron chi connectivity index (χ0n) is 11.4. The van der Waals surface area contributed by atoms with Crippen LogP contribution in [0.5, 0.6) is 0 Å². The first kappa shape index (κ1) is 15.0. The van der Waals surface area contributed by atoms with Gasteiger partial charge in [0.15, 0.2) is 15.4 Å². The third-order valence-corrected chi connectivity index (χ3v) is 5.39. The first-order valence-electron chi connectivity index (χ1n) is 6.42. The first-order valence-corrected chi connectivity index (χ1v) is 8.07. The van der Waals surface area contributed by atoms with Gasteiger partial charge in [-0.25, -0.2) is 8.42 Å². The maximum Gasteiger partial charge on any atom is 0.182 e. The number of aliphatic hydroxyl groups excluding tert-OH is 1. The smallest absolute Gasteiger partial charge is 0.182 e. The van der Waals surface area contributed by atoms with Gasteiger partial charge in [0.2, 0.25) is 0 Å². The van der Waals surface area contributed by atoms with Crippen LogP contribution in [-0.4, -0.2) is 31.5 Å². The molecule has 6 heteroatoms. The van der Waals surface area contributed by atoms with Crippen LogP contribution >= 0.6 is 0 Å². The van der Waals surface area contributed by atoms with E-state index in [9.17, 15) is 18.8 Å². The van der Waals surface area contributed by atoms with Gasteiger partial charge in [0, 0.05) is 12.0 Å². The molecule has 3 atom stereocenters. The highest BCUT2D eigenvalue weighted by Gasteiger charge is 2.44. The summed E-state index contributed by atoms with van der Waals surface area (Å²) in [4.78, 5) is 0.144. The van der Waals surface area contributed by atoms with Crippen molar-refractivity contribution in [3.63, 3.8) is 0 Å². The predicted octanol–water partition coefficient (Wildman–Crippen LogP) is 1.37. The molecule has 0 amide bonds. The van der Waals surface area contributed by atoms with Crippen LogP contribution in [0.2, 0.25) is 0 Å². The standard InChI is InChI=1S/C14H17NO4S/c1-10(16)11(2)19-14(9-15)7-8-20(17,18)13-6-4-3-5-12(13)14/h3-6,10-11,16H,7-8H2,1-2H3. The summed E-state index contributed by atoms with van der Waals surface area (Å²) in [7, 11) is -3.37. The number of sulfone groups is 1. The van der Waals surface area contributed by atoms with Crippen LogP contribution in [0, 0.1) is 11.3 Å². The van der Waals surface area contributed by atoms with E-state index < -0.39 is 27.6 Å². The summed E-state index contributed by atoms with van der Waals surface area (Å²) in [5.74, 6) is -0.135. The summed E-state index contributed by atoms with van der Waals surface area (Å²) < 4.78 is 29.9. The number of nitriles is 1. The number of rotatable bonds is 3. The highest BCUT2D eigenvalue weighted by atomic mass is 32.2. The van der Waals surface area contributed by atoms with Crippen LogP contribution in [0.15, 0.2) is 29.2 Å². The summed E-state index contributed by atoms with van der Waals surface area (Å²) in [5.41, 5.74) is -0.959. The molecule has 1 N–H and O–H groups in total. The molecule has 0 aromatic heterocycles. The Hall–Kier alpha value is -1.42. The fourth-order valence-corrected chi connectivity index (χ4v) is 3.90. The molecular weight excluding hydrogens is 278 g/mol. The van der Waals surface area contributed by atoms with E-state index in [2.05, 4.69) is 6.07 Å². The molecule has 2 rings (SSSR count). The first-order chi connectivity index (χ1) is 9.32. The number of benzene rings is 1. The minimum Gasteiger partial charge on any atom is -0.391 e. The molecule has 20 heavy (non-hydrogen) atoms. The SMILES string of the molecule is CC(O)C(C)OC1(C#N)CCS(=O)(=O)c2ccccc21. The molecule has 1 aromatic rings. The van der Waals surface area contributed by atoms with Gasteiger partial charge in [-0.3, -0.25) is 0 Å². The fraction of sp³-hybridized carbons (Fsp3) is 0.500. The lowest BCUT2D eigenvalue weighted by Gasteiger charge is -2.35. The fourth-order valence-electron chi connectivity index (χ4n) is 2.27. The van der Waals surface area contributed by atoms with Crippen molar-refractivity contribution in [1.29, 1.82) is 5.26 Å². The largest absolute Gasteiger partial charge is 0.391 e. The molecule has 0 bridgehead atoms. The summed E-state index contributed by atoms with van der Waals surface area (Å²) >= 11 is 0. The van der Waals surface area contributed by atoms with Crippen LogP contribution in [0.3, 0.4) is 0 Å². The molecule has 3 unspecified atom stereocenters. The molecule has 1 aliphatic heterocycles. The van der Waals surface area contributed by atoms with E-state index in [1.54, 1.807) is 32.0 Å². The average molecular weight is 295 g/mol. The topological polar surface area (TPSA) is 87.4 Å². The van der Waals surface area contributed by atoms with Gasteiger partial charge < -0.3 is 9.84 Å². The normalized spacial score (nSPS) is 27.1. The van der Waals surface area contributed by atoms with Crippen LogP contribution in [-0.2, 0) is 20.2 Å². The van der Waals surface area contributed by atoms with Gasteiger partial charge in [-0.1, -0.05) is 18.2 Å². The summed E-state index contributed by atoms with van der Waals surface area (Å²) in [5, 5.41) is 19.1. The number of hydrogen-bond acceptors (Lipinski definition) is 5. The van der Waals surface area contributed by atoms with Crippen molar-refractivity contribution in [1.82, 2.24) is 0 Å². The number of fused-ring (bicyclic) bond motifs is 1. The van der Waals surface area contributed by atoms with Crippen molar-refractivity contribution >= 4 is 9.84 Å². The van der Waals surface area contributed by atoms with Crippen molar-refractivity contribution in [2.45, 2.75) is 43.0 Å². The summed E-state index contributed by atoms with van der Waals surface area (Å²) in [6, 6.07) is 8.50. The molecule has 1 aromatic carbocycles. The summed E-state index contributed by atoms with van der Waals surface area (Å²) in [6.07, 6.45) is -1.24. The van der Waals surface area contributed by atoms with Gasteiger partial charge in [0.1, 0.15) is 6.07 Å². The van der Waals surface area contributed by atoms with E-state index in [1.165, 1.54) is 6.07 Å². The van der Waals surface area contributed by atoms with Gasteiger partial charge in [0.25, 0.3) is 0 Å². The van der Waals surface area contributed by atoms with E-state index in [-0.39, 0.29) is 17.1 Å². The van der Waals surface area contributed by atoms with Crippen LogP contribution in [0.4, 0.5) is 0 Å². The molecule has 108 valence electrons. The van der Waals surface area contributed by atoms with E-state index in [0.717, 1.165) is 0 Å². The third kappa shape index (κ3) is 2.44. The Morgan fingerprint density at radius 2 is 2.05 bits per heavy atom. The number of hydrogen-bond donors (Lipinski definition) is 1. The third-order valence-electron chi connectivity index (χ3n) is 3.63. The highest BCUT2D eigenvalue weighted by molar-refractivity contribution is 7.91. The van der Waals surface area contributed by atoms with Crippen molar-refractivity contribution in [3.8, 4) is 6.07 Å². The monoisotopic (exact) mass is 295 g/mol. The van der Waals surface area contributed by atoms with E-state index in [0.29, 0.717) is 5.56 Å². The molecule has 5 nitrogen and oxygen atoms in total. The molecule has 0 spiro atoms. The highest BCUT2D eigenvalue weighted by Crippen LogP contribution is 2.40. The van der Waals surface area contributed by atoms with Crippen molar-refractivity contribution in [2.75, 3.05) is 5.75 Å². The van der Waals surface area contributed by atoms with Crippen LogP contribution in [0.1, 0.15) is 25.8 Å². The van der Waals surface area contributed by atoms with Crippen molar-refractivity contribution in [2.24, 2.45) is 0 Å². The molecule has 0 fully saturated rings. The summed E-state index contributed by atoms with van der Waals surface area (Å²) in [6.45, 7) is 3.23. The Morgan fingerprint density at radius 1 is 1.40 bits per heavy atom. The molecule has 1 heterocycles. The molecule has 0 radical (unpaired) electrons. The quantitative estimate of drug-likeness (QED) is 0.910. The van der Waals surface area contributed by atoms with E-state index >= 15 is 0 Å². The lowest BCUT2D eigenvalue weighted by Crippen LogP contribution is -2.41. The molecule has 1 aliphatic rings. The number of aliphatic hydroxyl groups is 1. The minimum atomic E-state index is -3.37. The van der Waals surface area contributed by atoms with Crippen molar-refractivity contribution < 1.29 is 18.3 Å².